The highest BCUT2D eigenvalue weighted by molar-refractivity contribution is 6.31. The van der Waals surface area contributed by atoms with Crippen molar-refractivity contribution >= 4 is 28.2 Å². The summed E-state index contributed by atoms with van der Waals surface area (Å²) in [6, 6.07) is 10.4. The third-order valence-corrected chi connectivity index (χ3v) is 4.55. The molecule has 3 heterocycles. The van der Waals surface area contributed by atoms with E-state index < -0.39 is 0 Å². The Balaban J connectivity index is 1.69. The van der Waals surface area contributed by atoms with E-state index in [4.69, 9.17) is 11.6 Å². The number of anilines is 1. The Morgan fingerprint density at radius 2 is 2.14 bits per heavy atom. The fourth-order valence-electron chi connectivity index (χ4n) is 3.27. The molecule has 0 spiro atoms. The van der Waals surface area contributed by atoms with Crippen molar-refractivity contribution in [3.05, 3.63) is 53.9 Å². The summed E-state index contributed by atoms with van der Waals surface area (Å²) < 4.78 is 2.08. The molecule has 1 atom stereocenters. The quantitative estimate of drug-likeness (QED) is 0.719. The van der Waals surface area contributed by atoms with Crippen LogP contribution in [0.1, 0.15) is 18.9 Å². The molecule has 1 aliphatic rings. The van der Waals surface area contributed by atoms with Crippen LogP contribution in [-0.2, 0) is 0 Å². The minimum absolute atomic E-state index is 0.430. The van der Waals surface area contributed by atoms with Crippen LogP contribution in [0.5, 0.6) is 0 Å². The van der Waals surface area contributed by atoms with Gasteiger partial charge < -0.3 is 4.90 Å². The molecular formula is C17H17ClN4. The molecule has 1 unspecified atom stereocenters. The van der Waals surface area contributed by atoms with Gasteiger partial charge >= 0.3 is 0 Å². The molecule has 112 valence electrons. The number of pyridine rings is 1. The summed E-state index contributed by atoms with van der Waals surface area (Å²) in [6.07, 6.45) is 8.11. The zero-order valence-electron chi connectivity index (χ0n) is 12.2. The minimum Gasteiger partial charge on any atom is -0.369 e. The van der Waals surface area contributed by atoms with Gasteiger partial charge in [-0.3, -0.25) is 9.67 Å². The van der Waals surface area contributed by atoms with E-state index in [1.54, 1.807) is 0 Å². The summed E-state index contributed by atoms with van der Waals surface area (Å²) in [5, 5.41) is 6.29. The van der Waals surface area contributed by atoms with Crippen LogP contribution >= 0.6 is 11.6 Å². The number of hydrogen-bond acceptors (Lipinski definition) is 3. The Kier molecular flexibility index (Phi) is 3.47. The normalized spacial score (nSPS) is 18.8. The van der Waals surface area contributed by atoms with E-state index in [9.17, 15) is 0 Å². The van der Waals surface area contributed by atoms with Crippen molar-refractivity contribution in [1.82, 2.24) is 14.8 Å². The van der Waals surface area contributed by atoms with Gasteiger partial charge in [0.2, 0.25) is 0 Å². The zero-order chi connectivity index (χ0) is 14.9. The first-order valence-corrected chi connectivity index (χ1v) is 7.97. The summed E-state index contributed by atoms with van der Waals surface area (Å²) in [5.41, 5.74) is 2.18. The smallest absolute Gasteiger partial charge is 0.0737 e. The molecule has 1 aromatic carbocycles. The number of piperidine rings is 1. The van der Waals surface area contributed by atoms with Crippen LogP contribution in [-0.4, -0.2) is 27.9 Å². The van der Waals surface area contributed by atoms with Gasteiger partial charge in [-0.15, -0.1) is 0 Å². The molecule has 0 bridgehead atoms. The maximum Gasteiger partial charge on any atom is 0.0737 e. The summed E-state index contributed by atoms with van der Waals surface area (Å²) in [5.74, 6) is 0. The van der Waals surface area contributed by atoms with Gasteiger partial charge in [0.25, 0.3) is 0 Å². The van der Waals surface area contributed by atoms with E-state index in [0.717, 1.165) is 29.0 Å². The lowest BCUT2D eigenvalue weighted by molar-refractivity contribution is 0.376. The molecule has 0 saturated carbocycles. The number of benzene rings is 1. The van der Waals surface area contributed by atoms with Crippen molar-refractivity contribution in [2.45, 2.75) is 18.9 Å². The van der Waals surface area contributed by atoms with Crippen molar-refractivity contribution in [2.75, 3.05) is 18.0 Å². The second-order valence-corrected chi connectivity index (χ2v) is 6.16. The lowest BCUT2D eigenvalue weighted by atomic mass is 10.0. The molecule has 4 nitrogen and oxygen atoms in total. The van der Waals surface area contributed by atoms with E-state index in [1.807, 2.05) is 30.6 Å². The Morgan fingerprint density at radius 3 is 3.00 bits per heavy atom. The van der Waals surface area contributed by atoms with Crippen molar-refractivity contribution in [2.24, 2.45) is 0 Å². The fraction of sp³-hybridized carbons (Fsp3) is 0.294. The molecule has 2 aromatic heterocycles. The first-order chi connectivity index (χ1) is 10.8. The SMILES string of the molecule is Clc1ccc2c(N3CCCC(n4cccn4)C3)ccnc2c1. The second-order valence-electron chi connectivity index (χ2n) is 5.72. The lowest BCUT2D eigenvalue weighted by Crippen LogP contribution is -2.36. The molecule has 4 rings (SSSR count). The second kappa shape index (κ2) is 5.61. The average Bonchev–Trinajstić information content (AvgIpc) is 3.08. The summed E-state index contributed by atoms with van der Waals surface area (Å²) >= 11 is 6.08. The number of fused-ring (bicyclic) bond motifs is 1. The van der Waals surface area contributed by atoms with Crippen molar-refractivity contribution in [3.8, 4) is 0 Å². The van der Waals surface area contributed by atoms with Gasteiger partial charge in [-0.1, -0.05) is 11.6 Å². The van der Waals surface area contributed by atoms with E-state index in [2.05, 4.69) is 38.0 Å². The Hall–Kier alpha value is -2.07. The van der Waals surface area contributed by atoms with Gasteiger partial charge in [0.15, 0.2) is 0 Å². The van der Waals surface area contributed by atoms with Crippen LogP contribution in [0.4, 0.5) is 5.69 Å². The van der Waals surface area contributed by atoms with Crippen LogP contribution in [0.3, 0.4) is 0 Å². The van der Waals surface area contributed by atoms with Crippen LogP contribution < -0.4 is 4.90 Å². The number of aromatic nitrogens is 3. The van der Waals surface area contributed by atoms with Gasteiger partial charge in [0.05, 0.1) is 11.6 Å². The highest BCUT2D eigenvalue weighted by atomic mass is 35.5. The predicted octanol–water partition coefficient (Wildman–Crippen LogP) is 3.93. The van der Waals surface area contributed by atoms with Gasteiger partial charge in [-0.2, -0.15) is 5.10 Å². The molecule has 22 heavy (non-hydrogen) atoms. The van der Waals surface area contributed by atoms with Crippen LogP contribution in [0.2, 0.25) is 5.02 Å². The molecule has 0 amide bonds. The standard InChI is InChI=1S/C17H17ClN4/c18-13-4-5-15-16(11-13)19-8-6-17(15)21-9-1-3-14(12-21)22-10-2-7-20-22/h2,4-8,10-11,14H,1,3,9,12H2. The monoisotopic (exact) mass is 312 g/mol. The zero-order valence-corrected chi connectivity index (χ0v) is 12.9. The van der Waals surface area contributed by atoms with E-state index in [0.29, 0.717) is 6.04 Å². The van der Waals surface area contributed by atoms with E-state index in [-0.39, 0.29) is 0 Å². The topological polar surface area (TPSA) is 34.0 Å². The number of halogens is 1. The van der Waals surface area contributed by atoms with Gasteiger partial charge in [0.1, 0.15) is 0 Å². The molecule has 1 fully saturated rings. The van der Waals surface area contributed by atoms with E-state index >= 15 is 0 Å². The third-order valence-electron chi connectivity index (χ3n) is 4.32. The van der Waals surface area contributed by atoms with Gasteiger partial charge in [0, 0.05) is 47.8 Å². The van der Waals surface area contributed by atoms with Crippen LogP contribution in [0, 0.1) is 0 Å². The summed E-state index contributed by atoms with van der Waals surface area (Å²) in [4.78, 5) is 6.88. The highest BCUT2D eigenvalue weighted by Crippen LogP contribution is 2.31. The predicted molar refractivity (Wildman–Crippen MR) is 89.5 cm³/mol. The van der Waals surface area contributed by atoms with Crippen LogP contribution in [0.25, 0.3) is 10.9 Å². The first kappa shape index (κ1) is 13.6. The molecule has 3 aromatic rings. The Morgan fingerprint density at radius 1 is 1.18 bits per heavy atom. The molecule has 1 saturated heterocycles. The van der Waals surface area contributed by atoms with Crippen LogP contribution in [0.15, 0.2) is 48.9 Å². The molecule has 0 N–H and O–H groups in total. The summed E-state index contributed by atoms with van der Waals surface area (Å²) in [7, 11) is 0. The number of hydrogen-bond donors (Lipinski definition) is 0. The molecule has 1 aliphatic heterocycles. The highest BCUT2D eigenvalue weighted by Gasteiger charge is 2.22. The molecule has 0 radical (unpaired) electrons. The fourth-order valence-corrected chi connectivity index (χ4v) is 3.43. The molecule has 5 heteroatoms. The number of nitrogens with zero attached hydrogens (tertiary/aromatic N) is 4. The maximum atomic E-state index is 6.08. The van der Waals surface area contributed by atoms with Crippen molar-refractivity contribution in [1.29, 1.82) is 0 Å². The number of rotatable bonds is 2. The molecule has 0 aliphatic carbocycles. The Bertz CT molecular complexity index is 784. The third kappa shape index (κ3) is 2.44. The van der Waals surface area contributed by atoms with Gasteiger partial charge in [-0.25, -0.2) is 0 Å². The maximum absolute atomic E-state index is 6.08. The van der Waals surface area contributed by atoms with Crippen molar-refractivity contribution in [3.63, 3.8) is 0 Å². The summed E-state index contributed by atoms with van der Waals surface area (Å²) in [6.45, 7) is 2.04. The Labute approximate surface area is 134 Å². The minimum atomic E-state index is 0.430. The molecular weight excluding hydrogens is 296 g/mol. The first-order valence-electron chi connectivity index (χ1n) is 7.59. The average molecular weight is 313 g/mol. The lowest BCUT2D eigenvalue weighted by Gasteiger charge is -2.35. The van der Waals surface area contributed by atoms with E-state index in [1.165, 1.54) is 18.5 Å². The van der Waals surface area contributed by atoms with Gasteiger partial charge in [-0.05, 0) is 43.2 Å². The van der Waals surface area contributed by atoms with Crippen molar-refractivity contribution < 1.29 is 0 Å². The largest absolute Gasteiger partial charge is 0.369 e.